The van der Waals surface area contributed by atoms with Crippen molar-refractivity contribution in [1.82, 2.24) is 15.1 Å². The predicted molar refractivity (Wildman–Crippen MR) is 90.4 cm³/mol. The molecule has 23 heavy (non-hydrogen) atoms. The average molecular weight is 329 g/mol. The first-order chi connectivity index (χ1) is 11.2. The van der Waals surface area contributed by atoms with Crippen LogP contribution in [0.2, 0.25) is 0 Å². The Morgan fingerprint density at radius 2 is 1.96 bits per heavy atom. The Morgan fingerprint density at radius 3 is 2.65 bits per heavy atom. The van der Waals surface area contributed by atoms with E-state index in [1.807, 2.05) is 43.6 Å². The van der Waals surface area contributed by atoms with Gasteiger partial charge in [-0.3, -0.25) is 4.90 Å². The fourth-order valence-electron chi connectivity index (χ4n) is 2.27. The zero-order valence-corrected chi connectivity index (χ0v) is 14.0. The van der Waals surface area contributed by atoms with E-state index in [1.54, 1.807) is 11.3 Å². The molecule has 0 spiro atoms. The van der Waals surface area contributed by atoms with Crippen LogP contribution in [0.15, 0.2) is 46.2 Å². The van der Waals surface area contributed by atoms with Crippen LogP contribution in [0.25, 0.3) is 10.8 Å². The van der Waals surface area contributed by atoms with E-state index >= 15 is 0 Å². The fraction of sp³-hybridized carbons (Fsp3) is 0.294. The maximum absolute atomic E-state index is 5.71. The lowest BCUT2D eigenvalue weighted by molar-refractivity contribution is 0.282. The van der Waals surface area contributed by atoms with Gasteiger partial charge in [0.15, 0.2) is 0 Å². The van der Waals surface area contributed by atoms with Gasteiger partial charge in [0.2, 0.25) is 5.89 Å². The maximum atomic E-state index is 5.71. The summed E-state index contributed by atoms with van der Waals surface area (Å²) >= 11 is 1.59. The van der Waals surface area contributed by atoms with Crippen molar-refractivity contribution in [3.63, 3.8) is 0 Å². The average Bonchev–Trinajstić information content (AvgIpc) is 3.20. The molecule has 0 bridgehead atoms. The van der Waals surface area contributed by atoms with E-state index in [0.29, 0.717) is 24.9 Å². The molecule has 1 aromatic carbocycles. The highest BCUT2D eigenvalue weighted by Gasteiger charge is 2.11. The highest BCUT2D eigenvalue weighted by Crippen LogP contribution is 2.23. The van der Waals surface area contributed by atoms with Gasteiger partial charge in [0.1, 0.15) is 5.75 Å². The molecule has 0 aliphatic carbocycles. The summed E-state index contributed by atoms with van der Waals surface area (Å²) in [6, 6.07) is 12.1. The molecule has 5 nitrogen and oxygen atoms in total. The van der Waals surface area contributed by atoms with Crippen molar-refractivity contribution in [2.75, 3.05) is 13.7 Å². The largest absolute Gasteiger partial charge is 0.494 e. The lowest BCUT2D eigenvalue weighted by Gasteiger charge is -2.14. The van der Waals surface area contributed by atoms with Crippen LogP contribution in [0, 0.1) is 0 Å². The molecule has 6 heteroatoms. The third-order valence-corrected chi connectivity index (χ3v) is 4.15. The van der Waals surface area contributed by atoms with Crippen LogP contribution < -0.4 is 4.74 Å². The van der Waals surface area contributed by atoms with Crippen LogP contribution in [0.5, 0.6) is 5.75 Å². The molecular weight excluding hydrogens is 310 g/mol. The Balaban J connectivity index is 1.57. The molecule has 0 unspecified atom stereocenters. The van der Waals surface area contributed by atoms with Crippen molar-refractivity contribution < 1.29 is 9.15 Å². The molecule has 0 amide bonds. The number of benzene rings is 1. The van der Waals surface area contributed by atoms with Gasteiger partial charge in [0, 0.05) is 6.54 Å². The summed E-state index contributed by atoms with van der Waals surface area (Å²) in [6.07, 6.45) is 0. The van der Waals surface area contributed by atoms with E-state index in [9.17, 15) is 0 Å². The Hall–Kier alpha value is -2.18. The predicted octanol–water partition coefficient (Wildman–Crippen LogP) is 3.83. The Bertz CT molecular complexity index is 723. The van der Waals surface area contributed by atoms with Crippen LogP contribution in [0.1, 0.15) is 18.4 Å². The second-order valence-corrected chi connectivity index (χ2v) is 6.18. The molecular formula is C17H19N3O2S. The van der Waals surface area contributed by atoms with Crippen LogP contribution in [-0.4, -0.2) is 28.8 Å². The summed E-state index contributed by atoms with van der Waals surface area (Å²) in [6.45, 7) is 4.09. The number of thiophene rings is 1. The van der Waals surface area contributed by atoms with Crippen molar-refractivity contribution in [3.05, 3.63) is 53.2 Å². The summed E-state index contributed by atoms with van der Waals surface area (Å²) in [5.74, 6) is 2.11. The topological polar surface area (TPSA) is 51.4 Å². The first-order valence-electron chi connectivity index (χ1n) is 7.51. The summed E-state index contributed by atoms with van der Waals surface area (Å²) in [4.78, 5) is 3.14. The van der Waals surface area contributed by atoms with Gasteiger partial charge in [0.25, 0.3) is 5.89 Å². The lowest BCUT2D eigenvalue weighted by Crippen LogP contribution is -2.17. The van der Waals surface area contributed by atoms with Gasteiger partial charge >= 0.3 is 0 Å². The van der Waals surface area contributed by atoms with Gasteiger partial charge in [-0.25, -0.2) is 0 Å². The standard InChI is InChI=1S/C17H19N3O2S/c1-3-21-14-8-6-13(7-9-14)11-20(2)12-16-18-19-17(22-16)15-5-4-10-23-15/h4-10H,3,11-12H2,1-2H3. The highest BCUT2D eigenvalue weighted by atomic mass is 32.1. The SMILES string of the molecule is CCOc1ccc(CN(C)Cc2nnc(-c3cccs3)o2)cc1. The first-order valence-corrected chi connectivity index (χ1v) is 8.39. The van der Waals surface area contributed by atoms with Crippen molar-refractivity contribution in [2.24, 2.45) is 0 Å². The fourth-order valence-corrected chi connectivity index (χ4v) is 2.92. The van der Waals surface area contributed by atoms with Crippen molar-refractivity contribution >= 4 is 11.3 Å². The monoisotopic (exact) mass is 329 g/mol. The van der Waals surface area contributed by atoms with Gasteiger partial charge in [-0.2, -0.15) is 0 Å². The molecule has 0 atom stereocenters. The summed E-state index contributed by atoms with van der Waals surface area (Å²) < 4.78 is 11.2. The number of nitrogens with zero attached hydrogens (tertiary/aromatic N) is 3. The van der Waals surface area contributed by atoms with E-state index in [2.05, 4.69) is 27.2 Å². The van der Waals surface area contributed by atoms with Crippen LogP contribution in [0.4, 0.5) is 0 Å². The Morgan fingerprint density at radius 1 is 1.13 bits per heavy atom. The highest BCUT2D eigenvalue weighted by molar-refractivity contribution is 7.13. The number of hydrogen-bond acceptors (Lipinski definition) is 6. The second kappa shape index (κ2) is 7.39. The lowest BCUT2D eigenvalue weighted by atomic mass is 10.2. The van der Waals surface area contributed by atoms with Gasteiger partial charge < -0.3 is 9.15 Å². The molecule has 3 aromatic rings. The van der Waals surface area contributed by atoms with E-state index in [-0.39, 0.29) is 0 Å². The molecule has 0 fully saturated rings. The minimum atomic E-state index is 0.587. The third kappa shape index (κ3) is 4.18. The van der Waals surface area contributed by atoms with Gasteiger partial charge in [0.05, 0.1) is 18.0 Å². The van der Waals surface area contributed by atoms with E-state index in [0.717, 1.165) is 17.2 Å². The molecule has 0 saturated heterocycles. The van der Waals surface area contributed by atoms with E-state index < -0.39 is 0 Å². The second-order valence-electron chi connectivity index (χ2n) is 5.23. The number of ether oxygens (including phenoxy) is 1. The molecule has 0 N–H and O–H groups in total. The number of aromatic nitrogens is 2. The molecule has 120 valence electrons. The summed E-state index contributed by atoms with van der Waals surface area (Å²) in [5, 5.41) is 10.2. The summed E-state index contributed by atoms with van der Waals surface area (Å²) in [5.41, 5.74) is 1.22. The van der Waals surface area contributed by atoms with Crippen molar-refractivity contribution in [2.45, 2.75) is 20.0 Å². The number of hydrogen-bond donors (Lipinski definition) is 0. The molecule has 2 aromatic heterocycles. The smallest absolute Gasteiger partial charge is 0.257 e. The van der Waals surface area contributed by atoms with Gasteiger partial charge in [-0.15, -0.1) is 21.5 Å². The Kier molecular flexibility index (Phi) is 5.05. The third-order valence-electron chi connectivity index (χ3n) is 3.29. The van der Waals surface area contributed by atoms with Crippen LogP contribution in [0.3, 0.4) is 0 Å². The quantitative estimate of drug-likeness (QED) is 0.659. The molecule has 0 saturated carbocycles. The van der Waals surface area contributed by atoms with Crippen molar-refractivity contribution in [3.8, 4) is 16.5 Å². The minimum Gasteiger partial charge on any atom is -0.494 e. The molecule has 0 radical (unpaired) electrons. The molecule has 0 aliphatic rings. The van der Waals surface area contributed by atoms with Crippen LogP contribution >= 0.6 is 11.3 Å². The van der Waals surface area contributed by atoms with Crippen molar-refractivity contribution in [1.29, 1.82) is 0 Å². The van der Waals surface area contributed by atoms with Gasteiger partial charge in [-0.05, 0) is 43.1 Å². The molecule has 3 rings (SSSR count). The molecule has 2 heterocycles. The Labute approximate surface area is 139 Å². The summed E-state index contributed by atoms with van der Waals surface area (Å²) in [7, 11) is 2.03. The van der Waals surface area contributed by atoms with E-state index in [1.165, 1.54) is 5.56 Å². The number of rotatable bonds is 7. The zero-order valence-electron chi connectivity index (χ0n) is 13.2. The molecule has 0 aliphatic heterocycles. The normalized spacial score (nSPS) is 11.1. The first kappa shape index (κ1) is 15.7. The maximum Gasteiger partial charge on any atom is 0.257 e. The van der Waals surface area contributed by atoms with Crippen LogP contribution in [-0.2, 0) is 13.1 Å². The minimum absolute atomic E-state index is 0.587. The zero-order chi connectivity index (χ0) is 16.1. The van der Waals surface area contributed by atoms with E-state index in [4.69, 9.17) is 9.15 Å². The van der Waals surface area contributed by atoms with Gasteiger partial charge in [-0.1, -0.05) is 18.2 Å².